The number of benzene rings is 3. The summed E-state index contributed by atoms with van der Waals surface area (Å²) in [7, 11) is 0. The third-order valence-electron chi connectivity index (χ3n) is 5.36. The number of halogens is 2. The van der Waals surface area contributed by atoms with Crippen molar-refractivity contribution in [3.05, 3.63) is 92.9 Å². The molecule has 3 aromatic rings. The van der Waals surface area contributed by atoms with Crippen LogP contribution in [-0.4, -0.2) is 0 Å². The fourth-order valence-corrected chi connectivity index (χ4v) is 3.97. The highest BCUT2D eigenvalue weighted by Crippen LogP contribution is 2.38. The molecule has 0 bridgehead atoms. The van der Waals surface area contributed by atoms with Crippen molar-refractivity contribution in [3.63, 3.8) is 0 Å². The lowest BCUT2D eigenvalue weighted by Gasteiger charge is -2.23. The maximum Gasteiger partial charge on any atom is 0.136 e. The number of hydrogen-bond acceptors (Lipinski definition) is 1. The van der Waals surface area contributed by atoms with E-state index in [1.165, 1.54) is 12.1 Å². The number of fused-ring (bicyclic) bond motifs is 2. The average molecular weight is 390 g/mol. The second-order valence-electron chi connectivity index (χ2n) is 7.46. The van der Waals surface area contributed by atoms with E-state index >= 15 is 0 Å². The van der Waals surface area contributed by atoms with Crippen molar-refractivity contribution in [3.8, 4) is 11.5 Å². The first-order valence-corrected chi connectivity index (χ1v) is 10.1. The fraction of sp³-hybridized carbons (Fsp3) is 0.231. The minimum Gasteiger partial charge on any atom is -0.456 e. The predicted molar refractivity (Wildman–Crippen MR) is 114 cm³/mol. The summed E-state index contributed by atoms with van der Waals surface area (Å²) >= 11 is 0. The summed E-state index contributed by atoms with van der Waals surface area (Å²) in [6.07, 6.45) is 4.07. The molecule has 0 aromatic heterocycles. The van der Waals surface area contributed by atoms with E-state index in [1.807, 2.05) is 51.1 Å². The highest BCUT2D eigenvalue weighted by atomic mass is 19.1. The number of ether oxygens (including phenoxy) is 1. The molecule has 0 saturated carbocycles. The van der Waals surface area contributed by atoms with Crippen LogP contribution in [-0.2, 0) is 6.42 Å². The molecule has 3 heteroatoms. The third kappa shape index (κ3) is 3.46. The normalized spacial score (nSPS) is 13.1. The Morgan fingerprint density at radius 1 is 0.897 bits per heavy atom. The van der Waals surface area contributed by atoms with Crippen molar-refractivity contribution in [2.24, 2.45) is 0 Å². The fourth-order valence-electron chi connectivity index (χ4n) is 3.97. The smallest absolute Gasteiger partial charge is 0.136 e. The molecule has 29 heavy (non-hydrogen) atoms. The van der Waals surface area contributed by atoms with Gasteiger partial charge in [0.15, 0.2) is 0 Å². The van der Waals surface area contributed by atoms with Crippen LogP contribution in [0.5, 0.6) is 11.5 Å². The van der Waals surface area contributed by atoms with Crippen molar-refractivity contribution in [2.45, 2.75) is 40.0 Å². The van der Waals surface area contributed by atoms with Gasteiger partial charge in [0.1, 0.15) is 23.1 Å². The standard InChI is InChI=1S/C26H24F2O/c1-4-8-17-12-24-20(14-22(17)27)26(19-11-7-6-10-16(19)3)21-15-23(28)18(9-5-2)13-25(21)29-24/h6-8,10-15H,4-5,9H2,1-3H3/b17-8-. The zero-order valence-corrected chi connectivity index (χ0v) is 17.0. The molecule has 0 radical (unpaired) electrons. The monoisotopic (exact) mass is 390 g/mol. The summed E-state index contributed by atoms with van der Waals surface area (Å²) in [5, 5.41) is 1.18. The summed E-state index contributed by atoms with van der Waals surface area (Å²) in [4.78, 5) is 0. The van der Waals surface area contributed by atoms with Gasteiger partial charge in [0, 0.05) is 21.6 Å². The molecule has 0 atom stereocenters. The Kier molecular flexibility index (Phi) is 5.23. The molecule has 0 fully saturated rings. The summed E-state index contributed by atoms with van der Waals surface area (Å²) in [5.74, 6) is 0.674. The molecule has 0 unspecified atom stereocenters. The van der Waals surface area contributed by atoms with Crippen molar-refractivity contribution in [1.82, 2.24) is 0 Å². The van der Waals surface area contributed by atoms with Crippen LogP contribution in [0.1, 0.15) is 48.9 Å². The van der Waals surface area contributed by atoms with Crippen LogP contribution < -0.4 is 15.2 Å². The maximum absolute atomic E-state index is 14.8. The lowest BCUT2D eigenvalue weighted by molar-refractivity contribution is 0.465. The van der Waals surface area contributed by atoms with Gasteiger partial charge in [-0.15, -0.1) is 0 Å². The van der Waals surface area contributed by atoms with Crippen molar-refractivity contribution < 1.29 is 13.5 Å². The van der Waals surface area contributed by atoms with E-state index in [1.54, 1.807) is 12.1 Å². The largest absolute Gasteiger partial charge is 0.456 e. The minimum atomic E-state index is -0.299. The SMILES string of the molecule is CC/C=c1/cc2c(cc1F)=C(c1ccccc1C)c1cc(F)c(CCC)cc1O2. The Balaban J connectivity index is 2.11. The Morgan fingerprint density at radius 2 is 1.69 bits per heavy atom. The predicted octanol–water partition coefficient (Wildman–Crippen LogP) is 5.77. The Bertz CT molecular complexity index is 1210. The molecular weight excluding hydrogens is 366 g/mol. The van der Waals surface area contributed by atoms with Gasteiger partial charge in [-0.1, -0.05) is 50.6 Å². The molecule has 1 aliphatic heterocycles. The number of rotatable bonds is 4. The Labute approximate surface area is 170 Å². The molecule has 4 rings (SSSR count). The van der Waals surface area contributed by atoms with Gasteiger partial charge in [0.2, 0.25) is 0 Å². The van der Waals surface area contributed by atoms with Crippen LogP contribution in [0.4, 0.5) is 8.78 Å². The summed E-state index contributed by atoms with van der Waals surface area (Å²) in [5.41, 5.74) is 4.11. The van der Waals surface area contributed by atoms with Gasteiger partial charge in [-0.2, -0.15) is 0 Å². The van der Waals surface area contributed by atoms with E-state index in [4.69, 9.17) is 4.74 Å². The molecule has 1 heterocycles. The van der Waals surface area contributed by atoms with Crippen LogP contribution in [0, 0.1) is 18.6 Å². The first-order chi connectivity index (χ1) is 14.0. The summed E-state index contributed by atoms with van der Waals surface area (Å²) in [6.45, 7) is 6.00. The zero-order chi connectivity index (χ0) is 20.5. The molecule has 0 aliphatic carbocycles. The second kappa shape index (κ2) is 7.82. The quantitative estimate of drug-likeness (QED) is 0.430. The van der Waals surface area contributed by atoms with Gasteiger partial charge >= 0.3 is 0 Å². The maximum atomic E-state index is 14.8. The van der Waals surface area contributed by atoms with E-state index in [9.17, 15) is 8.78 Å². The third-order valence-corrected chi connectivity index (χ3v) is 5.36. The van der Waals surface area contributed by atoms with Crippen molar-refractivity contribution in [1.29, 1.82) is 0 Å². The van der Waals surface area contributed by atoms with Crippen molar-refractivity contribution in [2.75, 3.05) is 0 Å². The number of hydrogen-bond donors (Lipinski definition) is 0. The number of aryl methyl sites for hydroxylation is 2. The first kappa shape index (κ1) is 19.4. The molecule has 3 aromatic carbocycles. The van der Waals surface area contributed by atoms with Gasteiger partial charge in [-0.25, -0.2) is 8.78 Å². The summed E-state index contributed by atoms with van der Waals surface area (Å²) < 4.78 is 35.8. The second-order valence-corrected chi connectivity index (χ2v) is 7.46. The highest BCUT2D eigenvalue weighted by Gasteiger charge is 2.24. The van der Waals surface area contributed by atoms with Crippen LogP contribution in [0.2, 0.25) is 0 Å². The van der Waals surface area contributed by atoms with Gasteiger partial charge in [-0.3, -0.25) is 0 Å². The Hall–Kier alpha value is -2.94. The van der Waals surface area contributed by atoms with E-state index < -0.39 is 0 Å². The van der Waals surface area contributed by atoms with Gasteiger partial charge in [0.25, 0.3) is 0 Å². The van der Waals surface area contributed by atoms with Crippen molar-refractivity contribution >= 4 is 11.6 Å². The van der Waals surface area contributed by atoms with E-state index in [0.717, 1.165) is 29.5 Å². The average Bonchev–Trinajstić information content (AvgIpc) is 2.69. The molecule has 0 spiro atoms. The van der Waals surface area contributed by atoms with E-state index in [2.05, 4.69) is 0 Å². The van der Waals surface area contributed by atoms with E-state index in [-0.39, 0.29) is 11.6 Å². The first-order valence-electron chi connectivity index (χ1n) is 10.1. The van der Waals surface area contributed by atoms with Gasteiger partial charge in [-0.05, 0) is 60.7 Å². The molecule has 0 N–H and O–H groups in total. The zero-order valence-electron chi connectivity index (χ0n) is 17.0. The molecule has 1 aliphatic rings. The molecule has 1 nitrogen and oxygen atoms in total. The lowest BCUT2D eigenvalue weighted by atomic mass is 9.89. The molecule has 0 saturated heterocycles. The van der Waals surface area contributed by atoms with Crippen LogP contribution in [0.15, 0.2) is 48.5 Å². The lowest BCUT2D eigenvalue weighted by Crippen LogP contribution is -2.23. The van der Waals surface area contributed by atoms with Crippen LogP contribution in [0.3, 0.4) is 0 Å². The van der Waals surface area contributed by atoms with Crippen LogP contribution in [0.25, 0.3) is 11.6 Å². The molecule has 148 valence electrons. The van der Waals surface area contributed by atoms with E-state index in [0.29, 0.717) is 39.5 Å². The minimum absolute atomic E-state index is 0.250. The highest BCUT2D eigenvalue weighted by molar-refractivity contribution is 5.86. The van der Waals surface area contributed by atoms with Gasteiger partial charge < -0.3 is 4.74 Å². The van der Waals surface area contributed by atoms with Gasteiger partial charge in [0.05, 0.1) is 0 Å². The molecule has 0 amide bonds. The Morgan fingerprint density at radius 3 is 2.41 bits per heavy atom. The molecular formula is C26H24F2O. The summed E-state index contributed by atoms with van der Waals surface area (Å²) in [6, 6.07) is 14.5. The van der Waals surface area contributed by atoms with Crippen LogP contribution >= 0.6 is 0 Å². The topological polar surface area (TPSA) is 9.23 Å².